The van der Waals surface area contributed by atoms with Crippen molar-refractivity contribution in [2.75, 3.05) is 7.11 Å². The van der Waals surface area contributed by atoms with Gasteiger partial charge in [0.15, 0.2) is 0 Å². The Balaban J connectivity index is 2.46. The fourth-order valence-electron chi connectivity index (χ4n) is 3.14. The molecule has 0 saturated heterocycles. The van der Waals surface area contributed by atoms with Crippen molar-refractivity contribution in [3.05, 3.63) is 28.8 Å². The van der Waals surface area contributed by atoms with Gasteiger partial charge in [0.05, 0.1) is 12.7 Å². The van der Waals surface area contributed by atoms with Crippen LogP contribution < -0.4 is 4.74 Å². The van der Waals surface area contributed by atoms with Crippen molar-refractivity contribution in [3.8, 4) is 5.75 Å². The highest BCUT2D eigenvalue weighted by Crippen LogP contribution is 2.46. The van der Waals surface area contributed by atoms with E-state index in [1.807, 2.05) is 12.1 Å². The van der Waals surface area contributed by atoms with Crippen LogP contribution in [0.4, 0.5) is 0 Å². The minimum absolute atomic E-state index is 0.290. The molecule has 1 aliphatic carbocycles. The quantitative estimate of drug-likeness (QED) is 0.893. The zero-order valence-corrected chi connectivity index (χ0v) is 11.8. The Morgan fingerprint density at radius 3 is 2.89 bits per heavy atom. The lowest BCUT2D eigenvalue weighted by Crippen LogP contribution is -2.38. The van der Waals surface area contributed by atoms with E-state index in [-0.39, 0.29) is 0 Å². The number of hydrogen-bond donors (Lipinski definition) is 1. The highest BCUT2D eigenvalue weighted by atomic mass is 35.5. The van der Waals surface area contributed by atoms with Crippen LogP contribution in [-0.2, 0) is 5.60 Å². The van der Waals surface area contributed by atoms with Gasteiger partial charge in [-0.2, -0.15) is 0 Å². The Morgan fingerprint density at radius 2 is 2.22 bits per heavy atom. The van der Waals surface area contributed by atoms with Gasteiger partial charge >= 0.3 is 0 Å². The van der Waals surface area contributed by atoms with Crippen LogP contribution >= 0.6 is 11.6 Å². The summed E-state index contributed by atoms with van der Waals surface area (Å²) in [4.78, 5) is 0. The molecular weight excluding hydrogens is 248 g/mol. The van der Waals surface area contributed by atoms with E-state index in [2.05, 4.69) is 6.92 Å². The normalized spacial score (nSPS) is 28.1. The summed E-state index contributed by atoms with van der Waals surface area (Å²) >= 11 is 6.08. The van der Waals surface area contributed by atoms with Gasteiger partial charge in [0, 0.05) is 10.6 Å². The summed E-state index contributed by atoms with van der Waals surface area (Å²) in [7, 11) is 1.64. The Hall–Kier alpha value is -0.730. The lowest BCUT2D eigenvalue weighted by atomic mass is 9.70. The van der Waals surface area contributed by atoms with Gasteiger partial charge in [0.1, 0.15) is 5.75 Å². The molecule has 100 valence electrons. The van der Waals surface area contributed by atoms with E-state index in [1.54, 1.807) is 13.2 Å². The van der Waals surface area contributed by atoms with Gasteiger partial charge < -0.3 is 9.84 Å². The van der Waals surface area contributed by atoms with Gasteiger partial charge in [-0.05, 0) is 37.0 Å². The molecule has 1 saturated carbocycles. The van der Waals surface area contributed by atoms with Gasteiger partial charge in [-0.3, -0.25) is 0 Å². The SMILES string of the molecule is CCC1CCCCC1(O)c1cc(Cl)ccc1OC. The average molecular weight is 269 g/mol. The predicted octanol–water partition coefficient (Wildman–Crippen LogP) is 4.14. The molecule has 2 unspecified atom stereocenters. The molecule has 0 aromatic heterocycles. The van der Waals surface area contributed by atoms with Crippen LogP contribution in [0, 0.1) is 5.92 Å². The number of benzene rings is 1. The Bertz CT molecular complexity index is 419. The molecule has 1 fully saturated rings. The van der Waals surface area contributed by atoms with Crippen LogP contribution in [-0.4, -0.2) is 12.2 Å². The molecule has 1 aromatic carbocycles. The van der Waals surface area contributed by atoms with E-state index in [0.29, 0.717) is 10.9 Å². The first-order valence-electron chi connectivity index (χ1n) is 6.68. The van der Waals surface area contributed by atoms with Crippen LogP contribution in [0.15, 0.2) is 18.2 Å². The Labute approximate surface area is 114 Å². The summed E-state index contributed by atoms with van der Waals surface area (Å²) < 4.78 is 5.39. The molecule has 1 aromatic rings. The second kappa shape index (κ2) is 5.50. The lowest BCUT2D eigenvalue weighted by molar-refractivity contribution is -0.0572. The Kier molecular flexibility index (Phi) is 4.18. The average Bonchev–Trinajstić information content (AvgIpc) is 2.39. The van der Waals surface area contributed by atoms with E-state index in [9.17, 15) is 5.11 Å². The summed E-state index contributed by atoms with van der Waals surface area (Å²) in [5.41, 5.74) is 0.0625. The smallest absolute Gasteiger partial charge is 0.125 e. The van der Waals surface area contributed by atoms with E-state index >= 15 is 0 Å². The van der Waals surface area contributed by atoms with Crippen molar-refractivity contribution in [1.82, 2.24) is 0 Å². The summed E-state index contributed by atoms with van der Waals surface area (Å²) in [6.45, 7) is 2.14. The minimum atomic E-state index is -0.788. The fourth-order valence-corrected chi connectivity index (χ4v) is 3.32. The molecule has 0 bridgehead atoms. The largest absolute Gasteiger partial charge is 0.496 e. The van der Waals surface area contributed by atoms with Crippen molar-refractivity contribution in [2.24, 2.45) is 5.92 Å². The minimum Gasteiger partial charge on any atom is -0.496 e. The number of halogens is 1. The molecular formula is C15H21ClO2. The first kappa shape index (κ1) is 13.7. The fraction of sp³-hybridized carbons (Fsp3) is 0.600. The third kappa shape index (κ3) is 2.36. The van der Waals surface area contributed by atoms with E-state index < -0.39 is 5.60 Å². The molecule has 1 N–H and O–H groups in total. The van der Waals surface area contributed by atoms with Crippen LogP contribution in [0.3, 0.4) is 0 Å². The molecule has 0 amide bonds. The van der Waals surface area contributed by atoms with Crippen molar-refractivity contribution in [2.45, 2.75) is 44.6 Å². The molecule has 18 heavy (non-hydrogen) atoms. The maximum atomic E-state index is 11.1. The molecule has 3 heteroatoms. The summed E-state index contributed by atoms with van der Waals surface area (Å²) in [6, 6.07) is 5.50. The van der Waals surface area contributed by atoms with E-state index in [1.165, 1.54) is 6.42 Å². The second-order valence-corrected chi connectivity index (χ2v) is 5.56. The zero-order valence-electron chi connectivity index (χ0n) is 11.1. The molecule has 2 rings (SSSR count). The molecule has 0 radical (unpaired) electrons. The third-order valence-electron chi connectivity index (χ3n) is 4.16. The van der Waals surface area contributed by atoms with Crippen LogP contribution in [0.5, 0.6) is 5.75 Å². The first-order valence-corrected chi connectivity index (χ1v) is 7.06. The van der Waals surface area contributed by atoms with Gasteiger partial charge in [0.25, 0.3) is 0 Å². The van der Waals surface area contributed by atoms with Crippen LogP contribution in [0.2, 0.25) is 5.02 Å². The maximum Gasteiger partial charge on any atom is 0.125 e. The van der Waals surface area contributed by atoms with Crippen LogP contribution in [0.25, 0.3) is 0 Å². The molecule has 2 nitrogen and oxygen atoms in total. The summed E-state index contributed by atoms with van der Waals surface area (Å²) in [5, 5.41) is 11.8. The summed E-state index contributed by atoms with van der Waals surface area (Å²) in [6.07, 6.45) is 5.10. The van der Waals surface area contributed by atoms with E-state index in [4.69, 9.17) is 16.3 Å². The van der Waals surface area contributed by atoms with Crippen molar-refractivity contribution >= 4 is 11.6 Å². The maximum absolute atomic E-state index is 11.1. The highest BCUT2D eigenvalue weighted by Gasteiger charge is 2.41. The number of aliphatic hydroxyl groups is 1. The highest BCUT2D eigenvalue weighted by molar-refractivity contribution is 6.30. The van der Waals surface area contributed by atoms with Gasteiger partial charge in [-0.1, -0.05) is 37.8 Å². The van der Waals surface area contributed by atoms with Crippen molar-refractivity contribution in [3.63, 3.8) is 0 Å². The Morgan fingerprint density at radius 1 is 1.44 bits per heavy atom. The molecule has 0 aliphatic heterocycles. The molecule has 0 heterocycles. The monoisotopic (exact) mass is 268 g/mol. The third-order valence-corrected chi connectivity index (χ3v) is 4.39. The first-order chi connectivity index (χ1) is 8.61. The molecule has 2 atom stereocenters. The van der Waals surface area contributed by atoms with Gasteiger partial charge in [-0.25, -0.2) is 0 Å². The van der Waals surface area contributed by atoms with Crippen molar-refractivity contribution in [1.29, 1.82) is 0 Å². The zero-order chi connectivity index (χ0) is 13.2. The van der Waals surface area contributed by atoms with E-state index in [0.717, 1.165) is 37.0 Å². The number of rotatable bonds is 3. The lowest BCUT2D eigenvalue weighted by Gasteiger charge is -2.40. The van der Waals surface area contributed by atoms with Crippen LogP contribution in [0.1, 0.15) is 44.6 Å². The molecule has 0 spiro atoms. The molecule has 1 aliphatic rings. The van der Waals surface area contributed by atoms with Crippen molar-refractivity contribution < 1.29 is 9.84 Å². The topological polar surface area (TPSA) is 29.5 Å². The number of ether oxygens (including phenoxy) is 1. The second-order valence-electron chi connectivity index (χ2n) is 5.12. The van der Waals surface area contributed by atoms with Gasteiger partial charge in [-0.15, -0.1) is 0 Å². The number of methoxy groups -OCH3 is 1. The van der Waals surface area contributed by atoms with Gasteiger partial charge in [0.2, 0.25) is 0 Å². The standard InChI is InChI=1S/C15H21ClO2/c1-3-11-6-4-5-9-15(11,17)13-10-12(16)7-8-14(13)18-2/h7-8,10-11,17H,3-6,9H2,1-2H3. The predicted molar refractivity (Wildman–Crippen MR) is 74.1 cm³/mol. The summed E-state index contributed by atoms with van der Waals surface area (Å²) in [5.74, 6) is 1.03. The number of hydrogen-bond acceptors (Lipinski definition) is 2.